The molecular formula is C21H26FN5O3. The minimum absolute atomic E-state index is 0.147. The topological polar surface area (TPSA) is 81.9 Å². The Morgan fingerprint density at radius 1 is 1.17 bits per heavy atom. The Hall–Kier alpha value is -2.94. The van der Waals surface area contributed by atoms with Gasteiger partial charge in [-0.05, 0) is 36.6 Å². The summed E-state index contributed by atoms with van der Waals surface area (Å²) in [5.74, 6) is -1.16. The molecule has 30 heavy (non-hydrogen) atoms. The summed E-state index contributed by atoms with van der Waals surface area (Å²) in [5, 5.41) is 12.8. The molecule has 1 aromatic carbocycles. The Morgan fingerprint density at radius 2 is 1.93 bits per heavy atom. The number of rotatable bonds is 4. The normalized spacial score (nSPS) is 20.0. The van der Waals surface area contributed by atoms with Gasteiger partial charge in [-0.2, -0.15) is 9.78 Å². The average Bonchev–Trinajstić information content (AvgIpc) is 3.39. The molecule has 0 aliphatic carbocycles. The average molecular weight is 415 g/mol. The van der Waals surface area contributed by atoms with Crippen LogP contribution in [0.4, 0.5) is 14.9 Å². The predicted molar refractivity (Wildman–Crippen MR) is 110 cm³/mol. The number of carbonyl (C=O) groups is 2. The molecule has 1 amide bonds. The lowest BCUT2D eigenvalue weighted by Gasteiger charge is -2.35. The summed E-state index contributed by atoms with van der Waals surface area (Å²) < 4.78 is 14.8. The maximum Gasteiger partial charge on any atom is 0.356 e. The first-order chi connectivity index (χ1) is 14.4. The summed E-state index contributed by atoms with van der Waals surface area (Å²) in [4.78, 5) is 29.6. The number of aromatic carboxylic acids is 1. The molecule has 0 spiro atoms. The highest BCUT2D eigenvalue weighted by Crippen LogP contribution is 2.28. The molecule has 0 bridgehead atoms. The van der Waals surface area contributed by atoms with Crippen LogP contribution in [-0.2, 0) is 6.54 Å². The second-order valence-corrected chi connectivity index (χ2v) is 7.96. The molecule has 2 aliphatic heterocycles. The van der Waals surface area contributed by atoms with E-state index in [2.05, 4.69) is 33.1 Å². The van der Waals surface area contributed by atoms with Crippen molar-refractivity contribution in [3.8, 4) is 0 Å². The van der Waals surface area contributed by atoms with Crippen LogP contribution in [0.3, 0.4) is 0 Å². The number of halogens is 1. The van der Waals surface area contributed by atoms with E-state index in [4.69, 9.17) is 5.11 Å². The van der Waals surface area contributed by atoms with Crippen molar-refractivity contribution in [1.82, 2.24) is 19.6 Å². The minimum Gasteiger partial charge on any atom is -0.476 e. The Kier molecular flexibility index (Phi) is 5.72. The van der Waals surface area contributed by atoms with Crippen molar-refractivity contribution >= 4 is 17.7 Å². The van der Waals surface area contributed by atoms with Gasteiger partial charge >= 0.3 is 12.0 Å². The number of aromatic nitrogens is 2. The summed E-state index contributed by atoms with van der Waals surface area (Å²) in [7, 11) is 0. The Morgan fingerprint density at radius 3 is 2.57 bits per heavy atom. The van der Waals surface area contributed by atoms with Crippen LogP contribution in [0.2, 0.25) is 0 Å². The lowest BCUT2D eigenvalue weighted by molar-refractivity contribution is 0.0689. The van der Waals surface area contributed by atoms with Gasteiger partial charge in [-0.3, -0.25) is 4.90 Å². The van der Waals surface area contributed by atoms with E-state index >= 15 is 0 Å². The van der Waals surface area contributed by atoms with Gasteiger partial charge in [0, 0.05) is 57.7 Å². The van der Waals surface area contributed by atoms with E-state index in [1.807, 2.05) is 6.92 Å². The summed E-state index contributed by atoms with van der Waals surface area (Å²) >= 11 is 0. The van der Waals surface area contributed by atoms with Crippen molar-refractivity contribution in [2.75, 3.05) is 44.2 Å². The van der Waals surface area contributed by atoms with Gasteiger partial charge in [0.05, 0.1) is 0 Å². The molecule has 1 N–H and O–H groups in total. The van der Waals surface area contributed by atoms with Gasteiger partial charge < -0.3 is 14.9 Å². The number of amides is 1. The number of aryl methyl sites for hydroxylation is 1. The highest BCUT2D eigenvalue weighted by molar-refractivity contribution is 5.86. The molecule has 1 atom stereocenters. The second kappa shape index (κ2) is 8.43. The zero-order valence-corrected chi connectivity index (χ0v) is 17.0. The van der Waals surface area contributed by atoms with E-state index in [0.717, 1.165) is 29.0 Å². The number of piperazine rings is 1. The van der Waals surface area contributed by atoms with Gasteiger partial charge in [0.15, 0.2) is 5.69 Å². The maximum absolute atomic E-state index is 13.7. The molecule has 2 saturated heterocycles. The summed E-state index contributed by atoms with van der Waals surface area (Å²) in [6.07, 6.45) is 1.19. The second-order valence-electron chi connectivity index (χ2n) is 7.96. The summed E-state index contributed by atoms with van der Waals surface area (Å²) in [6.45, 7) is 6.47. The number of hydrogen-bond donors (Lipinski definition) is 1. The molecule has 4 rings (SSSR count). The van der Waals surface area contributed by atoms with Crippen molar-refractivity contribution in [3.05, 3.63) is 47.3 Å². The van der Waals surface area contributed by atoms with Crippen LogP contribution in [0.15, 0.2) is 30.5 Å². The molecule has 0 unspecified atom stereocenters. The molecular weight excluding hydrogens is 389 g/mol. The maximum atomic E-state index is 13.7. The molecule has 160 valence electrons. The number of carbonyl (C=O) groups excluding carboxylic acids is 1. The molecule has 2 aliphatic rings. The molecule has 8 nitrogen and oxygen atoms in total. The van der Waals surface area contributed by atoms with Gasteiger partial charge in [-0.1, -0.05) is 12.1 Å². The van der Waals surface area contributed by atoms with E-state index < -0.39 is 12.1 Å². The van der Waals surface area contributed by atoms with Gasteiger partial charge in [0.25, 0.3) is 0 Å². The first-order valence-electron chi connectivity index (χ1n) is 10.2. The third kappa shape index (κ3) is 4.30. The van der Waals surface area contributed by atoms with E-state index in [1.165, 1.54) is 17.8 Å². The van der Waals surface area contributed by atoms with Crippen LogP contribution in [0, 0.1) is 6.92 Å². The molecule has 2 aromatic rings. The smallest absolute Gasteiger partial charge is 0.356 e. The summed E-state index contributed by atoms with van der Waals surface area (Å²) in [6, 6.07) is 7.33. The van der Waals surface area contributed by atoms with Crippen LogP contribution in [0.1, 0.15) is 28.0 Å². The van der Waals surface area contributed by atoms with Crippen LogP contribution < -0.4 is 4.90 Å². The molecule has 0 radical (unpaired) electrons. The monoisotopic (exact) mass is 415 g/mol. The number of alkyl halides is 1. The number of hydrogen-bond acceptors (Lipinski definition) is 5. The quantitative estimate of drug-likeness (QED) is 0.825. The van der Waals surface area contributed by atoms with Gasteiger partial charge in [0.2, 0.25) is 0 Å². The first kappa shape index (κ1) is 20.3. The van der Waals surface area contributed by atoms with Crippen LogP contribution in [0.25, 0.3) is 0 Å². The molecule has 3 heterocycles. The van der Waals surface area contributed by atoms with Crippen LogP contribution in [0.5, 0.6) is 0 Å². The highest BCUT2D eigenvalue weighted by atomic mass is 19.1. The van der Waals surface area contributed by atoms with Crippen molar-refractivity contribution < 1.29 is 19.1 Å². The van der Waals surface area contributed by atoms with Gasteiger partial charge in [0.1, 0.15) is 6.17 Å². The van der Waals surface area contributed by atoms with E-state index in [1.54, 1.807) is 4.90 Å². The molecule has 1 aromatic heterocycles. The zero-order valence-electron chi connectivity index (χ0n) is 17.0. The van der Waals surface area contributed by atoms with Crippen molar-refractivity contribution in [1.29, 1.82) is 0 Å². The predicted octanol–water partition coefficient (Wildman–Crippen LogP) is 2.22. The van der Waals surface area contributed by atoms with Gasteiger partial charge in [-0.15, -0.1) is 0 Å². The van der Waals surface area contributed by atoms with E-state index in [9.17, 15) is 14.0 Å². The Balaban J connectivity index is 1.38. The number of anilines is 1. The van der Waals surface area contributed by atoms with E-state index in [0.29, 0.717) is 39.1 Å². The number of benzene rings is 1. The lowest BCUT2D eigenvalue weighted by Crippen LogP contribution is -2.49. The van der Waals surface area contributed by atoms with Crippen LogP contribution >= 0.6 is 0 Å². The number of carboxylic acid groups (broad SMARTS) is 1. The fourth-order valence-corrected chi connectivity index (χ4v) is 4.07. The van der Waals surface area contributed by atoms with Crippen molar-refractivity contribution in [2.45, 2.75) is 26.1 Å². The third-order valence-corrected chi connectivity index (χ3v) is 5.75. The number of carboxylic acids is 1. The summed E-state index contributed by atoms with van der Waals surface area (Å²) in [5.41, 5.74) is 3.29. The van der Waals surface area contributed by atoms with Crippen LogP contribution in [-0.4, -0.2) is 82.1 Å². The zero-order chi connectivity index (χ0) is 21.3. The molecule has 0 saturated carbocycles. The largest absolute Gasteiger partial charge is 0.476 e. The SMILES string of the molecule is Cc1ccc(CN2CCN(C(=O)n3ccc(C(=O)O)n3)CC2)c(N2CC[C@@H](F)C2)c1. The lowest BCUT2D eigenvalue weighted by atomic mass is 10.1. The fourth-order valence-electron chi connectivity index (χ4n) is 4.07. The Bertz CT molecular complexity index is 938. The van der Waals surface area contributed by atoms with Crippen molar-refractivity contribution in [3.63, 3.8) is 0 Å². The fraction of sp³-hybridized carbons (Fsp3) is 0.476. The van der Waals surface area contributed by atoms with Crippen molar-refractivity contribution in [2.24, 2.45) is 0 Å². The molecule has 9 heteroatoms. The van der Waals surface area contributed by atoms with Gasteiger partial charge in [-0.25, -0.2) is 14.0 Å². The minimum atomic E-state index is -1.16. The first-order valence-corrected chi connectivity index (χ1v) is 10.2. The standard InChI is InChI=1S/C21H26FN5O3/c1-15-2-3-16(19(12-15)26-6-4-17(22)14-26)13-24-8-10-25(11-9-24)21(30)27-7-5-18(23-27)20(28)29/h2-3,5,7,12,17H,4,6,8-11,13-14H2,1H3,(H,28,29)/t17-/m1/s1. The third-order valence-electron chi connectivity index (χ3n) is 5.75. The highest BCUT2D eigenvalue weighted by Gasteiger charge is 2.26. The Labute approximate surface area is 174 Å². The molecule has 2 fully saturated rings. The number of nitrogens with zero attached hydrogens (tertiary/aromatic N) is 5. The van der Waals surface area contributed by atoms with E-state index in [-0.39, 0.29) is 11.7 Å².